The van der Waals surface area contributed by atoms with Gasteiger partial charge in [-0.2, -0.15) is 0 Å². The van der Waals surface area contributed by atoms with E-state index in [9.17, 15) is 4.79 Å². The van der Waals surface area contributed by atoms with Gasteiger partial charge in [-0.15, -0.1) is 0 Å². The standard InChI is InChI=1S/C17H20ClN3O2/c1-12(2)21-11-19-15-7-8-20(9-16(15)21)17(22)10-23-14-5-3-13(18)4-6-14/h3-6,11-12H,7-10H2,1-2H3. The van der Waals surface area contributed by atoms with Gasteiger partial charge in [-0.25, -0.2) is 4.98 Å². The van der Waals surface area contributed by atoms with Crippen LogP contribution in [0.3, 0.4) is 0 Å². The van der Waals surface area contributed by atoms with Gasteiger partial charge in [0.2, 0.25) is 0 Å². The lowest BCUT2D eigenvalue weighted by Crippen LogP contribution is -2.39. The lowest BCUT2D eigenvalue weighted by atomic mass is 10.1. The number of carbonyl (C=O) groups excluding carboxylic acids is 1. The molecule has 122 valence electrons. The minimum absolute atomic E-state index is 0.0119. The van der Waals surface area contributed by atoms with Crippen molar-refractivity contribution >= 4 is 17.5 Å². The third-order valence-electron chi connectivity index (χ3n) is 4.03. The third kappa shape index (κ3) is 3.50. The van der Waals surface area contributed by atoms with Crippen LogP contribution in [0.4, 0.5) is 0 Å². The van der Waals surface area contributed by atoms with Gasteiger partial charge in [0.05, 0.1) is 24.3 Å². The lowest BCUT2D eigenvalue weighted by Gasteiger charge is -2.28. The highest BCUT2D eigenvalue weighted by molar-refractivity contribution is 6.30. The largest absolute Gasteiger partial charge is 0.484 e. The van der Waals surface area contributed by atoms with Crippen molar-refractivity contribution < 1.29 is 9.53 Å². The van der Waals surface area contributed by atoms with E-state index in [1.54, 1.807) is 24.3 Å². The first-order valence-electron chi connectivity index (χ1n) is 7.75. The Morgan fingerprint density at radius 1 is 1.35 bits per heavy atom. The van der Waals surface area contributed by atoms with Crippen LogP contribution in [0.5, 0.6) is 5.75 Å². The summed E-state index contributed by atoms with van der Waals surface area (Å²) in [7, 11) is 0. The number of benzene rings is 1. The molecule has 1 aromatic heterocycles. The molecule has 6 heteroatoms. The van der Waals surface area contributed by atoms with Crippen LogP contribution in [0.25, 0.3) is 0 Å². The minimum Gasteiger partial charge on any atom is -0.484 e. The van der Waals surface area contributed by atoms with E-state index < -0.39 is 0 Å². The van der Waals surface area contributed by atoms with E-state index in [2.05, 4.69) is 23.4 Å². The van der Waals surface area contributed by atoms with Crippen molar-refractivity contribution in [3.05, 3.63) is 47.0 Å². The van der Waals surface area contributed by atoms with Gasteiger partial charge in [0.15, 0.2) is 6.61 Å². The van der Waals surface area contributed by atoms with Crippen LogP contribution in [0.1, 0.15) is 31.3 Å². The predicted molar refractivity (Wildman–Crippen MR) is 88.7 cm³/mol. The van der Waals surface area contributed by atoms with Gasteiger partial charge in [-0.3, -0.25) is 4.79 Å². The van der Waals surface area contributed by atoms with E-state index in [4.69, 9.17) is 16.3 Å². The first-order valence-corrected chi connectivity index (χ1v) is 8.13. The van der Waals surface area contributed by atoms with Gasteiger partial charge >= 0.3 is 0 Å². The van der Waals surface area contributed by atoms with E-state index in [-0.39, 0.29) is 12.5 Å². The fraction of sp³-hybridized carbons (Fsp3) is 0.412. The molecule has 1 aliphatic rings. The number of imidazole rings is 1. The molecule has 1 amide bonds. The first-order chi connectivity index (χ1) is 11.0. The number of fused-ring (bicyclic) bond motifs is 1. The number of ether oxygens (including phenoxy) is 1. The van der Waals surface area contributed by atoms with Crippen LogP contribution >= 0.6 is 11.6 Å². The van der Waals surface area contributed by atoms with Crippen molar-refractivity contribution in [2.45, 2.75) is 32.9 Å². The van der Waals surface area contributed by atoms with Crippen molar-refractivity contribution in [1.29, 1.82) is 0 Å². The Bertz CT molecular complexity index is 694. The number of nitrogens with zero attached hydrogens (tertiary/aromatic N) is 3. The Kier molecular flexibility index (Phi) is 4.57. The predicted octanol–water partition coefficient (Wildman–Crippen LogP) is 3.08. The summed E-state index contributed by atoms with van der Waals surface area (Å²) in [5.41, 5.74) is 2.23. The van der Waals surface area contributed by atoms with Crippen LogP contribution in [0, 0.1) is 0 Å². The number of hydrogen-bond acceptors (Lipinski definition) is 3. The SMILES string of the molecule is CC(C)n1cnc2c1CN(C(=O)COc1ccc(Cl)cc1)CC2. The molecule has 0 fully saturated rings. The zero-order valence-corrected chi connectivity index (χ0v) is 14.1. The second kappa shape index (κ2) is 6.62. The zero-order valence-electron chi connectivity index (χ0n) is 13.3. The molecule has 2 aromatic rings. The van der Waals surface area contributed by atoms with Crippen LogP contribution in [0.2, 0.25) is 5.02 Å². The van der Waals surface area contributed by atoms with Gasteiger partial charge in [-0.1, -0.05) is 11.6 Å². The minimum atomic E-state index is -0.0119. The van der Waals surface area contributed by atoms with E-state index in [1.165, 1.54) is 0 Å². The molecule has 0 radical (unpaired) electrons. The summed E-state index contributed by atoms with van der Waals surface area (Å²) in [4.78, 5) is 18.7. The number of hydrogen-bond donors (Lipinski definition) is 0. The molecule has 0 saturated heterocycles. The van der Waals surface area contributed by atoms with E-state index >= 15 is 0 Å². The first kappa shape index (κ1) is 15.9. The average molecular weight is 334 g/mol. The summed E-state index contributed by atoms with van der Waals surface area (Å²) in [5, 5.41) is 0.647. The number of aromatic nitrogens is 2. The monoisotopic (exact) mass is 333 g/mol. The van der Waals surface area contributed by atoms with Gasteiger partial charge in [0, 0.05) is 24.0 Å². The molecule has 3 rings (SSSR count). The Balaban J connectivity index is 1.62. The molecule has 1 aromatic carbocycles. The summed E-state index contributed by atoms with van der Waals surface area (Å²) >= 11 is 5.83. The van der Waals surface area contributed by atoms with Crippen LogP contribution in [0.15, 0.2) is 30.6 Å². The van der Waals surface area contributed by atoms with Crippen LogP contribution < -0.4 is 4.74 Å². The van der Waals surface area contributed by atoms with Crippen LogP contribution in [-0.2, 0) is 17.8 Å². The molecule has 0 aliphatic carbocycles. The zero-order chi connectivity index (χ0) is 16.4. The van der Waals surface area contributed by atoms with Crippen molar-refractivity contribution in [3.63, 3.8) is 0 Å². The molecule has 0 atom stereocenters. The molecule has 23 heavy (non-hydrogen) atoms. The Labute approximate surface area is 140 Å². The molecule has 0 bridgehead atoms. The Morgan fingerprint density at radius 2 is 2.09 bits per heavy atom. The average Bonchev–Trinajstić information content (AvgIpc) is 2.97. The highest BCUT2D eigenvalue weighted by Crippen LogP contribution is 2.21. The van der Waals surface area contributed by atoms with Gasteiger partial charge in [0.1, 0.15) is 5.75 Å². The molecule has 0 unspecified atom stereocenters. The molecule has 0 N–H and O–H groups in total. The summed E-state index contributed by atoms with van der Waals surface area (Å²) in [6.45, 7) is 5.55. The maximum Gasteiger partial charge on any atom is 0.260 e. The smallest absolute Gasteiger partial charge is 0.260 e. The molecule has 1 aliphatic heterocycles. The van der Waals surface area contributed by atoms with Gasteiger partial charge < -0.3 is 14.2 Å². The Hall–Kier alpha value is -2.01. The molecule has 0 spiro atoms. The van der Waals surface area contributed by atoms with E-state index in [0.717, 1.165) is 17.8 Å². The highest BCUT2D eigenvalue weighted by Gasteiger charge is 2.25. The number of amides is 1. The summed E-state index contributed by atoms with van der Waals surface area (Å²) in [6.07, 6.45) is 2.66. The lowest BCUT2D eigenvalue weighted by molar-refractivity contribution is -0.134. The summed E-state index contributed by atoms with van der Waals surface area (Å²) < 4.78 is 7.68. The third-order valence-corrected chi connectivity index (χ3v) is 4.28. The summed E-state index contributed by atoms with van der Waals surface area (Å²) in [5.74, 6) is 0.634. The maximum absolute atomic E-state index is 12.4. The second-order valence-electron chi connectivity index (χ2n) is 5.95. The quantitative estimate of drug-likeness (QED) is 0.864. The summed E-state index contributed by atoms with van der Waals surface area (Å²) in [6, 6.07) is 7.35. The van der Waals surface area contributed by atoms with E-state index in [1.807, 2.05) is 11.2 Å². The fourth-order valence-corrected chi connectivity index (χ4v) is 2.86. The maximum atomic E-state index is 12.4. The number of carbonyl (C=O) groups is 1. The van der Waals surface area contributed by atoms with Crippen LogP contribution in [-0.4, -0.2) is 33.5 Å². The molecular weight excluding hydrogens is 314 g/mol. The van der Waals surface area contributed by atoms with Crippen molar-refractivity contribution in [3.8, 4) is 5.75 Å². The molecular formula is C17H20ClN3O2. The highest BCUT2D eigenvalue weighted by atomic mass is 35.5. The van der Waals surface area contributed by atoms with Gasteiger partial charge in [0.25, 0.3) is 5.91 Å². The van der Waals surface area contributed by atoms with Crippen molar-refractivity contribution in [1.82, 2.24) is 14.5 Å². The molecule has 0 saturated carbocycles. The number of rotatable bonds is 4. The molecule has 2 heterocycles. The van der Waals surface area contributed by atoms with Gasteiger partial charge in [-0.05, 0) is 38.1 Å². The van der Waals surface area contributed by atoms with Crippen molar-refractivity contribution in [2.75, 3.05) is 13.2 Å². The van der Waals surface area contributed by atoms with E-state index in [0.29, 0.717) is 29.9 Å². The molecule has 5 nitrogen and oxygen atoms in total. The second-order valence-corrected chi connectivity index (χ2v) is 6.38. The number of halogens is 1. The normalized spacial score (nSPS) is 14.0. The topological polar surface area (TPSA) is 47.4 Å². The Morgan fingerprint density at radius 3 is 2.78 bits per heavy atom. The fourth-order valence-electron chi connectivity index (χ4n) is 2.73. The van der Waals surface area contributed by atoms with Crippen molar-refractivity contribution in [2.24, 2.45) is 0 Å².